The van der Waals surface area contributed by atoms with Crippen LogP contribution in [0.1, 0.15) is 52.9 Å². The summed E-state index contributed by atoms with van der Waals surface area (Å²) in [6.07, 6.45) is 6.04. The van der Waals surface area contributed by atoms with Crippen molar-refractivity contribution in [3.05, 3.63) is 0 Å². The molecule has 0 aromatic rings. The molecule has 86 valence electrons. The number of hydrogen-bond acceptors (Lipinski definition) is 2. The van der Waals surface area contributed by atoms with Crippen molar-refractivity contribution in [1.29, 1.82) is 0 Å². The molecule has 1 heterocycles. The summed E-state index contributed by atoms with van der Waals surface area (Å²) in [7, 11) is 0. The van der Waals surface area contributed by atoms with E-state index in [2.05, 4.69) is 24.1 Å². The third-order valence-corrected chi connectivity index (χ3v) is 4.08. The summed E-state index contributed by atoms with van der Waals surface area (Å²) in [6, 6.07) is 0.494. The SMILES string of the molecule is CCC1(C)NC(C)N(C2CCCC2)C1=O. The van der Waals surface area contributed by atoms with Gasteiger partial charge in [-0.3, -0.25) is 10.1 Å². The summed E-state index contributed by atoms with van der Waals surface area (Å²) in [4.78, 5) is 14.4. The van der Waals surface area contributed by atoms with Crippen molar-refractivity contribution < 1.29 is 4.79 Å². The monoisotopic (exact) mass is 210 g/mol. The van der Waals surface area contributed by atoms with Crippen LogP contribution in [0.15, 0.2) is 0 Å². The Morgan fingerprint density at radius 3 is 2.53 bits per heavy atom. The molecule has 15 heavy (non-hydrogen) atoms. The average Bonchev–Trinajstić information content (AvgIpc) is 2.76. The molecule has 1 saturated heterocycles. The Morgan fingerprint density at radius 1 is 1.47 bits per heavy atom. The first-order chi connectivity index (χ1) is 7.08. The third kappa shape index (κ3) is 1.67. The molecule has 0 radical (unpaired) electrons. The fourth-order valence-electron chi connectivity index (χ4n) is 2.97. The topological polar surface area (TPSA) is 32.3 Å². The molecule has 2 unspecified atom stereocenters. The van der Waals surface area contributed by atoms with Gasteiger partial charge in [-0.05, 0) is 33.1 Å². The molecule has 2 aliphatic rings. The maximum atomic E-state index is 12.3. The first-order valence-electron chi connectivity index (χ1n) is 6.19. The summed E-state index contributed by atoms with van der Waals surface area (Å²) in [6.45, 7) is 6.22. The Balaban J connectivity index is 2.15. The Bertz CT molecular complexity index is 260. The van der Waals surface area contributed by atoms with Crippen LogP contribution in [0, 0.1) is 0 Å². The van der Waals surface area contributed by atoms with Gasteiger partial charge >= 0.3 is 0 Å². The van der Waals surface area contributed by atoms with E-state index in [1.54, 1.807) is 0 Å². The van der Waals surface area contributed by atoms with Crippen molar-refractivity contribution in [2.75, 3.05) is 0 Å². The van der Waals surface area contributed by atoms with Gasteiger partial charge in [0.05, 0.1) is 11.7 Å². The highest BCUT2D eigenvalue weighted by molar-refractivity contribution is 5.88. The van der Waals surface area contributed by atoms with Gasteiger partial charge in [-0.1, -0.05) is 19.8 Å². The Morgan fingerprint density at radius 2 is 2.07 bits per heavy atom. The summed E-state index contributed by atoms with van der Waals surface area (Å²) >= 11 is 0. The summed E-state index contributed by atoms with van der Waals surface area (Å²) in [5.74, 6) is 0.310. The van der Waals surface area contributed by atoms with Crippen molar-refractivity contribution in [1.82, 2.24) is 10.2 Å². The van der Waals surface area contributed by atoms with E-state index in [9.17, 15) is 4.79 Å². The van der Waals surface area contributed by atoms with Gasteiger partial charge in [-0.2, -0.15) is 0 Å². The first-order valence-corrected chi connectivity index (χ1v) is 6.19. The minimum absolute atomic E-state index is 0.213. The van der Waals surface area contributed by atoms with Crippen molar-refractivity contribution in [3.63, 3.8) is 0 Å². The highest BCUT2D eigenvalue weighted by atomic mass is 16.2. The molecule has 3 nitrogen and oxygen atoms in total. The fourth-order valence-corrected chi connectivity index (χ4v) is 2.97. The van der Waals surface area contributed by atoms with E-state index in [0.29, 0.717) is 11.9 Å². The highest BCUT2D eigenvalue weighted by Gasteiger charge is 2.47. The molecule has 0 aromatic carbocycles. The summed E-state index contributed by atoms with van der Waals surface area (Å²) in [5, 5.41) is 3.43. The first kappa shape index (κ1) is 10.9. The highest BCUT2D eigenvalue weighted by Crippen LogP contribution is 2.31. The number of nitrogens with zero attached hydrogens (tertiary/aromatic N) is 1. The lowest BCUT2D eigenvalue weighted by molar-refractivity contribution is -0.134. The molecule has 3 heteroatoms. The normalized spacial score (nSPS) is 37.9. The molecule has 1 aliphatic carbocycles. The summed E-state index contributed by atoms with van der Waals surface area (Å²) < 4.78 is 0. The molecular formula is C12H22N2O. The molecule has 0 bridgehead atoms. The van der Waals surface area contributed by atoms with E-state index in [1.165, 1.54) is 25.7 Å². The second-order valence-corrected chi connectivity index (χ2v) is 5.16. The van der Waals surface area contributed by atoms with Gasteiger partial charge in [-0.25, -0.2) is 0 Å². The van der Waals surface area contributed by atoms with E-state index in [-0.39, 0.29) is 11.7 Å². The Hall–Kier alpha value is -0.570. The number of rotatable bonds is 2. The molecule has 0 spiro atoms. The van der Waals surface area contributed by atoms with E-state index < -0.39 is 0 Å². The van der Waals surface area contributed by atoms with Crippen LogP contribution >= 0.6 is 0 Å². The van der Waals surface area contributed by atoms with Gasteiger partial charge in [0.15, 0.2) is 0 Å². The number of carbonyl (C=O) groups excluding carboxylic acids is 1. The van der Waals surface area contributed by atoms with E-state index in [4.69, 9.17) is 0 Å². The lowest BCUT2D eigenvalue weighted by atomic mass is 9.99. The lowest BCUT2D eigenvalue weighted by Gasteiger charge is -2.28. The molecule has 1 aliphatic heterocycles. The van der Waals surface area contributed by atoms with Crippen molar-refractivity contribution in [2.45, 2.75) is 70.6 Å². The maximum absolute atomic E-state index is 12.3. The van der Waals surface area contributed by atoms with Crippen molar-refractivity contribution in [2.24, 2.45) is 0 Å². The van der Waals surface area contributed by atoms with Crippen LogP contribution in [0.5, 0.6) is 0 Å². The number of hydrogen-bond donors (Lipinski definition) is 1. The number of amides is 1. The average molecular weight is 210 g/mol. The molecule has 1 amide bonds. The molecule has 2 atom stereocenters. The zero-order valence-corrected chi connectivity index (χ0v) is 10.0. The van der Waals surface area contributed by atoms with Gasteiger partial charge in [0.2, 0.25) is 5.91 Å². The molecule has 2 rings (SSSR count). The van der Waals surface area contributed by atoms with Crippen LogP contribution in [0.25, 0.3) is 0 Å². The van der Waals surface area contributed by atoms with Crippen LogP contribution in [-0.4, -0.2) is 28.6 Å². The quantitative estimate of drug-likeness (QED) is 0.754. The Labute approximate surface area is 92.2 Å². The Kier molecular flexibility index (Phi) is 2.75. The van der Waals surface area contributed by atoms with Gasteiger partial charge in [-0.15, -0.1) is 0 Å². The standard InChI is InChI=1S/C12H22N2O/c1-4-12(3)11(15)14(9(2)13-12)10-7-5-6-8-10/h9-10,13H,4-8H2,1-3H3. The van der Waals surface area contributed by atoms with Crippen LogP contribution in [0.3, 0.4) is 0 Å². The van der Waals surface area contributed by atoms with Gasteiger partial charge in [0.1, 0.15) is 0 Å². The zero-order chi connectivity index (χ0) is 11.1. The second-order valence-electron chi connectivity index (χ2n) is 5.16. The van der Waals surface area contributed by atoms with E-state index in [1.807, 2.05) is 6.92 Å². The zero-order valence-electron chi connectivity index (χ0n) is 10.0. The lowest BCUT2D eigenvalue weighted by Crippen LogP contribution is -2.44. The number of nitrogens with one attached hydrogen (secondary N) is 1. The molecular weight excluding hydrogens is 188 g/mol. The van der Waals surface area contributed by atoms with Crippen LogP contribution < -0.4 is 5.32 Å². The minimum atomic E-state index is -0.317. The smallest absolute Gasteiger partial charge is 0.244 e. The van der Waals surface area contributed by atoms with Crippen LogP contribution in [0.2, 0.25) is 0 Å². The maximum Gasteiger partial charge on any atom is 0.244 e. The summed E-state index contributed by atoms with van der Waals surface area (Å²) in [5.41, 5.74) is -0.317. The van der Waals surface area contributed by atoms with E-state index >= 15 is 0 Å². The molecule has 1 saturated carbocycles. The fraction of sp³-hybridized carbons (Fsp3) is 0.917. The number of carbonyl (C=O) groups is 1. The van der Waals surface area contributed by atoms with Gasteiger partial charge < -0.3 is 4.90 Å². The minimum Gasteiger partial charge on any atom is -0.323 e. The van der Waals surface area contributed by atoms with Gasteiger partial charge in [0, 0.05) is 6.04 Å². The van der Waals surface area contributed by atoms with Crippen molar-refractivity contribution in [3.8, 4) is 0 Å². The van der Waals surface area contributed by atoms with Crippen LogP contribution in [-0.2, 0) is 4.79 Å². The van der Waals surface area contributed by atoms with E-state index in [0.717, 1.165) is 6.42 Å². The molecule has 0 aromatic heterocycles. The van der Waals surface area contributed by atoms with Crippen LogP contribution in [0.4, 0.5) is 0 Å². The van der Waals surface area contributed by atoms with Gasteiger partial charge in [0.25, 0.3) is 0 Å². The molecule has 1 N–H and O–H groups in total. The predicted octanol–water partition coefficient (Wildman–Crippen LogP) is 1.88. The third-order valence-electron chi connectivity index (χ3n) is 4.08. The second kappa shape index (κ2) is 3.78. The largest absolute Gasteiger partial charge is 0.323 e. The molecule has 2 fully saturated rings. The van der Waals surface area contributed by atoms with Crippen molar-refractivity contribution >= 4 is 5.91 Å². The predicted molar refractivity (Wildman–Crippen MR) is 60.4 cm³/mol.